The fraction of sp³-hybridized carbons (Fsp3) is 0.875. The molecule has 4 heteroatoms. The molecule has 0 amide bonds. The first-order valence-electron chi connectivity index (χ1n) is 4.61. The maximum absolute atomic E-state index is 4.09. The molecule has 2 rings (SSSR count). The van der Waals surface area contributed by atoms with Crippen molar-refractivity contribution in [2.24, 2.45) is 10.5 Å². The first kappa shape index (κ1) is 7.86. The fourth-order valence-corrected chi connectivity index (χ4v) is 2.12. The summed E-state index contributed by atoms with van der Waals surface area (Å²) in [7, 11) is 0. The third-order valence-electron chi connectivity index (χ3n) is 2.86. The molecule has 12 heavy (non-hydrogen) atoms. The van der Waals surface area contributed by atoms with Gasteiger partial charge < -0.3 is 0 Å². The van der Waals surface area contributed by atoms with E-state index < -0.39 is 0 Å². The van der Waals surface area contributed by atoms with Gasteiger partial charge >= 0.3 is 0 Å². The van der Waals surface area contributed by atoms with Crippen LogP contribution in [0, 0.1) is 5.41 Å². The smallest absolute Gasteiger partial charge is 0.139 e. The predicted molar refractivity (Wildman–Crippen MR) is 48.0 cm³/mol. The Kier molecular flexibility index (Phi) is 1.92. The Bertz CT molecular complexity index is 193. The lowest BCUT2D eigenvalue weighted by molar-refractivity contribution is 0.350. The van der Waals surface area contributed by atoms with Crippen LogP contribution in [-0.4, -0.2) is 5.84 Å². The van der Waals surface area contributed by atoms with Crippen molar-refractivity contribution >= 4 is 5.84 Å². The number of hydrazone groups is 1. The number of amidine groups is 1. The number of nitrogens with zero attached hydrogens (tertiary/aromatic N) is 1. The maximum Gasteiger partial charge on any atom is 0.139 e. The molecule has 3 N–H and O–H groups in total. The lowest BCUT2D eigenvalue weighted by Gasteiger charge is -2.22. The molecule has 0 aromatic rings. The van der Waals surface area contributed by atoms with Crippen LogP contribution in [0.5, 0.6) is 0 Å². The minimum atomic E-state index is 0.486. The Morgan fingerprint density at radius 1 is 1.42 bits per heavy atom. The molecular formula is C8H16N4. The molecule has 0 spiro atoms. The third kappa shape index (κ3) is 1.53. The number of nitrogens with one attached hydrogen (secondary N) is 3. The molecule has 0 saturated heterocycles. The van der Waals surface area contributed by atoms with Crippen LogP contribution >= 0.6 is 0 Å². The van der Waals surface area contributed by atoms with Crippen LogP contribution in [0.2, 0.25) is 0 Å². The van der Waals surface area contributed by atoms with E-state index >= 15 is 0 Å². The van der Waals surface area contributed by atoms with E-state index in [1.54, 1.807) is 0 Å². The number of hydrazine groups is 2. The van der Waals surface area contributed by atoms with Gasteiger partial charge in [0.25, 0.3) is 0 Å². The van der Waals surface area contributed by atoms with Gasteiger partial charge in [-0.25, -0.2) is 5.53 Å². The Labute approximate surface area is 72.7 Å². The van der Waals surface area contributed by atoms with E-state index in [1.807, 2.05) is 0 Å². The van der Waals surface area contributed by atoms with E-state index in [9.17, 15) is 0 Å². The normalized spacial score (nSPS) is 26.2. The summed E-state index contributed by atoms with van der Waals surface area (Å²) < 4.78 is 0. The Morgan fingerprint density at radius 2 is 2.17 bits per heavy atom. The van der Waals surface area contributed by atoms with Crippen LogP contribution in [0.4, 0.5) is 0 Å². The van der Waals surface area contributed by atoms with Gasteiger partial charge in [-0.3, -0.25) is 5.43 Å². The second-order valence-electron chi connectivity index (χ2n) is 4.11. The average molecular weight is 168 g/mol. The summed E-state index contributed by atoms with van der Waals surface area (Å²) >= 11 is 0. The SMILES string of the molecule is CC1(CC2=NNNN2)CCCC1. The summed E-state index contributed by atoms with van der Waals surface area (Å²) in [6, 6.07) is 0. The highest BCUT2D eigenvalue weighted by Gasteiger charge is 2.30. The zero-order valence-corrected chi connectivity index (χ0v) is 7.48. The molecular weight excluding hydrogens is 152 g/mol. The highest BCUT2D eigenvalue weighted by molar-refractivity contribution is 5.82. The standard InChI is InChI=1S/C8H16N4/c1-8(4-2-3-5-8)6-7-9-11-12-10-7/h11-12H,2-6H2,1H3,(H,9,10). The Hall–Kier alpha value is -0.770. The molecule has 1 aliphatic heterocycles. The summed E-state index contributed by atoms with van der Waals surface area (Å²) in [5, 5.41) is 4.09. The Balaban J connectivity index is 1.92. The molecule has 1 aliphatic carbocycles. The molecule has 2 aliphatic rings. The van der Waals surface area contributed by atoms with E-state index in [2.05, 4.69) is 28.5 Å². The van der Waals surface area contributed by atoms with Gasteiger partial charge in [0.2, 0.25) is 0 Å². The van der Waals surface area contributed by atoms with Crippen molar-refractivity contribution in [1.29, 1.82) is 0 Å². The first-order chi connectivity index (χ1) is 5.79. The van der Waals surface area contributed by atoms with Crippen LogP contribution < -0.4 is 16.5 Å². The van der Waals surface area contributed by atoms with E-state index in [4.69, 9.17) is 0 Å². The van der Waals surface area contributed by atoms with Gasteiger partial charge in [0.1, 0.15) is 5.84 Å². The van der Waals surface area contributed by atoms with Crippen molar-refractivity contribution in [1.82, 2.24) is 16.5 Å². The molecule has 0 radical (unpaired) electrons. The number of rotatable bonds is 2. The second-order valence-corrected chi connectivity index (χ2v) is 4.11. The predicted octanol–water partition coefficient (Wildman–Crippen LogP) is 0.883. The van der Waals surface area contributed by atoms with Crippen LogP contribution in [0.3, 0.4) is 0 Å². The van der Waals surface area contributed by atoms with Crippen LogP contribution in [0.15, 0.2) is 5.10 Å². The minimum Gasteiger partial charge on any atom is -0.289 e. The summed E-state index contributed by atoms with van der Waals surface area (Å²) in [5.41, 5.74) is 8.93. The van der Waals surface area contributed by atoms with Gasteiger partial charge in [0.15, 0.2) is 0 Å². The lowest BCUT2D eigenvalue weighted by Crippen LogP contribution is -2.36. The van der Waals surface area contributed by atoms with E-state index in [1.165, 1.54) is 25.7 Å². The summed E-state index contributed by atoms with van der Waals surface area (Å²) in [6.45, 7) is 2.35. The maximum atomic E-state index is 4.09. The third-order valence-corrected chi connectivity index (χ3v) is 2.86. The van der Waals surface area contributed by atoms with E-state index in [0.29, 0.717) is 5.41 Å². The number of hydrogen-bond donors (Lipinski definition) is 3. The highest BCUT2D eigenvalue weighted by atomic mass is 15.8. The molecule has 0 atom stereocenters. The van der Waals surface area contributed by atoms with Crippen molar-refractivity contribution in [3.05, 3.63) is 0 Å². The minimum absolute atomic E-state index is 0.486. The second kappa shape index (κ2) is 2.94. The van der Waals surface area contributed by atoms with Crippen molar-refractivity contribution in [3.8, 4) is 0 Å². The monoisotopic (exact) mass is 168 g/mol. The van der Waals surface area contributed by atoms with Crippen molar-refractivity contribution in [2.75, 3.05) is 0 Å². The first-order valence-corrected chi connectivity index (χ1v) is 4.61. The van der Waals surface area contributed by atoms with Crippen LogP contribution in [0.25, 0.3) is 0 Å². The number of hydrogen-bond acceptors (Lipinski definition) is 4. The Morgan fingerprint density at radius 3 is 2.75 bits per heavy atom. The van der Waals surface area contributed by atoms with E-state index in [-0.39, 0.29) is 0 Å². The summed E-state index contributed by atoms with van der Waals surface area (Å²) in [5.74, 6) is 1.04. The topological polar surface area (TPSA) is 48.5 Å². The van der Waals surface area contributed by atoms with Crippen molar-refractivity contribution < 1.29 is 0 Å². The lowest BCUT2D eigenvalue weighted by atomic mass is 9.85. The summed E-state index contributed by atoms with van der Waals surface area (Å²) in [4.78, 5) is 0. The molecule has 0 aromatic heterocycles. The molecule has 0 aromatic carbocycles. The quantitative estimate of drug-likeness (QED) is 0.573. The highest BCUT2D eigenvalue weighted by Crippen LogP contribution is 2.40. The molecule has 1 saturated carbocycles. The molecule has 1 heterocycles. The molecule has 0 unspecified atom stereocenters. The summed E-state index contributed by atoms with van der Waals surface area (Å²) in [6.07, 6.45) is 6.50. The zero-order chi connectivity index (χ0) is 8.44. The van der Waals surface area contributed by atoms with Gasteiger partial charge in [-0.05, 0) is 18.3 Å². The van der Waals surface area contributed by atoms with Crippen molar-refractivity contribution in [2.45, 2.75) is 39.0 Å². The largest absolute Gasteiger partial charge is 0.289 e. The van der Waals surface area contributed by atoms with E-state index in [0.717, 1.165) is 12.3 Å². The van der Waals surface area contributed by atoms with Gasteiger partial charge in [0.05, 0.1) is 0 Å². The average Bonchev–Trinajstić information content (AvgIpc) is 2.62. The molecule has 68 valence electrons. The fourth-order valence-electron chi connectivity index (χ4n) is 2.12. The van der Waals surface area contributed by atoms with Crippen molar-refractivity contribution in [3.63, 3.8) is 0 Å². The van der Waals surface area contributed by atoms with Gasteiger partial charge in [0, 0.05) is 6.42 Å². The van der Waals surface area contributed by atoms with Gasteiger partial charge in [-0.1, -0.05) is 19.8 Å². The molecule has 4 nitrogen and oxygen atoms in total. The zero-order valence-electron chi connectivity index (χ0n) is 7.48. The van der Waals surface area contributed by atoms with Crippen LogP contribution in [0.1, 0.15) is 39.0 Å². The van der Waals surface area contributed by atoms with Gasteiger partial charge in [-0.2, -0.15) is 0 Å². The molecule has 0 bridgehead atoms. The van der Waals surface area contributed by atoms with Gasteiger partial charge in [-0.15, -0.1) is 10.6 Å². The van der Waals surface area contributed by atoms with Crippen LogP contribution in [-0.2, 0) is 0 Å². The molecule has 1 fully saturated rings.